The molecule has 4 aromatic rings. The van der Waals surface area contributed by atoms with Gasteiger partial charge in [0.05, 0.1) is 0 Å². The fourth-order valence-corrected chi connectivity index (χ4v) is 12.3. The molecule has 12 heteroatoms. The van der Waals surface area contributed by atoms with Crippen LogP contribution in [-0.4, -0.2) is 62.3 Å². The van der Waals surface area contributed by atoms with Crippen LogP contribution in [0.1, 0.15) is 128 Å². The van der Waals surface area contributed by atoms with Crippen molar-refractivity contribution in [2.24, 2.45) is 0 Å². The summed E-state index contributed by atoms with van der Waals surface area (Å²) < 4.78 is 3.99. The zero-order chi connectivity index (χ0) is 43.7. The molecule has 0 aliphatic rings. The number of hydrogen-bond acceptors (Lipinski definition) is 4. The van der Waals surface area contributed by atoms with Gasteiger partial charge in [0, 0.05) is 0 Å². The molecule has 0 saturated carbocycles. The van der Waals surface area contributed by atoms with Crippen LogP contribution in [0.3, 0.4) is 0 Å². The Bertz CT molecular complexity index is 1650. The van der Waals surface area contributed by atoms with Gasteiger partial charge in [-0.2, -0.15) is 0 Å². The van der Waals surface area contributed by atoms with E-state index in [2.05, 4.69) is 159 Å². The van der Waals surface area contributed by atoms with Gasteiger partial charge >= 0.3 is 396 Å². The minimum atomic E-state index is -0.897. The molecule has 4 aromatic carbocycles. The van der Waals surface area contributed by atoms with Crippen LogP contribution in [0.15, 0.2) is 48.5 Å². The summed E-state index contributed by atoms with van der Waals surface area (Å²) >= 11 is -2.90. The molecule has 308 valence electrons. The van der Waals surface area contributed by atoms with E-state index in [0.29, 0.717) is 23.0 Å². The van der Waals surface area contributed by atoms with Crippen LogP contribution < -0.4 is 14.4 Å². The summed E-state index contributed by atoms with van der Waals surface area (Å²) in [5.74, 6) is 1.61. The fraction of sp³-hybridized carbons (Fsp3) is 0.455. The van der Waals surface area contributed by atoms with E-state index >= 15 is 0 Å². The predicted octanol–water partition coefficient (Wildman–Crippen LogP) is 10.7. The first-order valence-corrected chi connectivity index (χ1v) is 31.3. The van der Waals surface area contributed by atoms with Crippen LogP contribution in [-0.2, 0) is 55.7 Å². The van der Waals surface area contributed by atoms with Gasteiger partial charge in [-0.1, -0.05) is 0 Å². The number of rotatable bonds is 4. The molecule has 4 rings (SSSR count). The van der Waals surface area contributed by atoms with Crippen LogP contribution in [0.2, 0.25) is 0 Å². The number of halogens is 4. The molecule has 56 heavy (non-hydrogen) atoms. The van der Waals surface area contributed by atoms with Crippen molar-refractivity contribution in [3.63, 3.8) is 0 Å². The average molecular weight is 1150 g/mol. The Balaban J connectivity index is 0.000000491. The van der Waals surface area contributed by atoms with Gasteiger partial charge in [0.1, 0.15) is 0 Å². The Hall–Kier alpha value is 0.248. The van der Waals surface area contributed by atoms with Crippen LogP contribution in [0, 0.1) is 27.7 Å². The van der Waals surface area contributed by atoms with Gasteiger partial charge in [-0.15, -0.1) is 0 Å². The Labute approximate surface area is 391 Å². The third kappa shape index (κ3) is 16.6. The van der Waals surface area contributed by atoms with E-state index in [4.69, 9.17) is 37.2 Å². The standard InChI is InChI=1S/2C22H30O2Te.4ClH.2Ti/c2*1-13-9-15(21(3,4)5)19(23)17(11-13)25-18-12-14(2)10-16(20(18)24)22(6,7)8;;;;;;/h2*9-12,23-24H,1-8H3;4*1H;;/q;;;;;;2*+2/p-4. The summed E-state index contributed by atoms with van der Waals surface area (Å²) in [5.41, 5.74) is 8.13. The molecule has 0 aliphatic heterocycles. The molecule has 0 atom stereocenters. The van der Waals surface area contributed by atoms with Crippen molar-refractivity contribution in [1.82, 2.24) is 0 Å². The number of phenolic OH excluding ortho intramolecular Hbond substituents is 4. The maximum atomic E-state index is 10.9. The SMILES string of the molecule is Cc1cc([Te]c2cc(C)cc(C(C)(C)C)c2O)c(O)c(C(C)(C)C)c1.Cc1cc([Te]c2cc(C)cc(C(C)(C)C)c2O)c(O)c(C(C)(C)C)c1.[Cl][Ti][Cl].[Cl][Ti][Cl]. The summed E-state index contributed by atoms with van der Waals surface area (Å²) in [6.07, 6.45) is 0. The van der Waals surface area contributed by atoms with E-state index in [1.54, 1.807) is 0 Å². The van der Waals surface area contributed by atoms with Gasteiger partial charge in [-0.05, 0) is 0 Å². The van der Waals surface area contributed by atoms with E-state index in [1.165, 1.54) is 0 Å². The second-order valence-electron chi connectivity index (χ2n) is 18.0. The van der Waals surface area contributed by atoms with Crippen molar-refractivity contribution in [3.8, 4) is 23.0 Å². The Kier molecular flexibility index (Phi) is 22.2. The van der Waals surface area contributed by atoms with E-state index in [1.807, 2.05) is 0 Å². The van der Waals surface area contributed by atoms with Gasteiger partial charge in [0.2, 0.25) is 0 Å². The van der Waals surface area contributed by atoms with E-state index in [0.717, 1.165) is 59.0 Å². The van der Waals surface area contributed by atoms with E-state index < -0.39 is 75.9 Å². The molecule has 0 heterocycles. The van der Waals surface area contributed by atoms with Gasteiger partial charge in [0.25, 0.3) is 0 Å². The van der Waals surface area contributed by atoms with Crippen molar-refractivity contribution in [2.45, 2.75) is 132 Å². The predicted molar refractivity (Wildman–Crippen MR) is 240 cm³/mol. The van der Waals surface area contributed by atoms with Crippen LogP contribution >= 0.6 is 37.2 Å². The Morgan fingerprint density at radius 3 is 0.625 bits per heavy atom. The Morgan fingerprint density at radius 2 is 0.500 bits per heavy atom. The molecule has 0 fully saturated rings. The summed E-state index contributed by atoms with van der Waals surface area (Å²) in [7, 11) is 19.6. The number of aromatic hydroxyl groups is 4. The number of aryl methyl sites for hydroxylation is 4. The van der Waals surface area contributed by atoms with Crippen molar-refractivity contribution >= 4 is 93.5 Å². The second-order valence-corrected chi connectivity index (χ2v) is 29.3. The third-order valence-corrected chi connectivity index (χ3v) is 14.6. The molecule has 0 aliphatic carbocycles. The molecule has 0 unspecified atom stereocenters. The summed E-state index contributed by atoms with van der Waals surface area (Å²) in [6.45, 7) is 33.7. The van der Waals surface area contributed by atoms with Gasteiger partial charge < -0.3 is 0 Å². The normalized spacial score (nSPS) is 11.6. The Morgan fingerprint density at radius 1 is 0.357 bits per heavy atom. The molecular weight excluding hydrogens is 1090 g/mol. The fourth-order valence-electron chi connectivity index (χ4n) is 5.82. The maximum absolute atomic E-state index is 10.9. The van der Waals surface area contributed by atoms with Gasteiger partial charge in [-0.3, -0.25) is 0 Å². The average Bonchev–Trinajstić information content (AvgIpc) is 3.02. The molecule has 0 spiro atoms. The topological polar surface area (TPSA) is 80.9 Å². The number of hydrogen-bond donors (Lipinski definition) is 4. The third-order valence-electron chi connectivity index (χ3n) is 8.55. The summed E-state index contributed by atoms with van der Waals surface area (Å²) in [4.78, 5) is 0. The van der Waals surface area contributed by atoms with Crippen molar-refractivity contribution in [1.29, 1.82) is 0 Å². The van der Waals surface area contributed by atoms with Crippen LogP contribution in [0.5, 0.6) is 23.0 Å². The molecule has 0 amide bonds. The van der Waals surface area contributed by atoms with Gasteiger partial charge in [-0.25, -0.2) is 0 Å². The van der Waals surface area contributed by atoms with Crippen LogP contribution in [0.4, 0.5) is 0 Å². The van der Waals surface area contributed by atoms with Crippen molar-refractivity contribution in [2.75, 3.05) is 0 Å². The molecule has 0 aromatic heterocycles. The molecule has 0 bridgehead atoms. The van der Waals surface area contributed by atoms with E-state index in [-0.39, 0.29) is 21.7 Å². The summed E-state index contributed by atoms with van der Waals surface area (Å²) in [5, 5.41) is 43.4. The monoisotopic (exact) mass is 1150 g/mol. The summed E-state index contributed by atoms with van der Waals surface area (Å²) in [6, 6.07) is 16.6. The number of benzene rings is 4. The first-order valence-electron chi connectivity index (χ1n) is 18.1. The van der Waals surface area contributed by atoms with Crippen molar-refractivity contribution < 1.29 is 54.5 Å². The molecule has 4 nitrogen and oxygen atoms in total. The quantitative estimate of drug-likeness (QED) is 0.154. The molecule has 0 radical (unpaired) electrons. The van der Waals surface area contributed by atoms with Crippen LogP contribution in [0.25, 0.3) is 0 Å². The first kappa shape index (κ1) is 54.3. The molecule has 4 N–H and O–H groups in total. The van der Waals surface area contributed by atoms with Crippen molar-refractivity contribution in [3.05, 3.63) is 93.0 Å². The zero-order valence-electron chi connectivity index (χ0n) is 35.7. The molecule has 0 saturated heterocycles. The minimum absolute atomic E-state index is 0.108. The first-order chi connectivity index (χ1) is 25.4. The van der Waals surface area contributed by atoms with Gasteiger partial charge in [0.15, 0.2) is 0 Å². The number of phenols is 4. The zero-order valence-corrected chi connectivity index (χ0v) is 46.5. The molecular formula is C44H60Cl4O4Te2Ti2. The van der Waals surface area contributed by atoms with E-state index in [9.17, 15) is 20.4 Å². The second kappa shape index (κ2) is 22.9.